The van der Waals surface area contributed by atoms with Gasteiger partial charge in [-0.1, -0.05) is 18.5 Å². The highest BCUT2D eigenvalue weighted by Crippen LogP contribution is 2.19. The van der Waals surface area contributed by atoms with E-state index in [1.807, 2.05) is 10.8 Å². The number of aromatic nitrogens is 6. The van der Waals surface area contributed by atoms with E-state index in [2.05, 4.69) is 32.7 Å². The molecule has 0 bridgehead atoms. The molecule has 9 heteroatoms. The van der Waals surface area contributed by atoms with Gasteiger partial charge in [-0.05, 0) is 34.5 Å². The molecule has 3 rings (SSSR count). The molecule has 8 nitrogen and oxygen atoms in total. The molecule has 0 saturated heterocycles. The van der Waals surface area contributed by atoms with E-state index < -0.39 is 0 Å². The molecule has 1 atom stereocenters. The first-order valence-corrected chi connectivity index (χ1v) is 7.78. The van der Waals surface area contributed by atoms with Gasteiger partial charge < -0.3 is 9.88 Å². The largest absolute Gasteiger partial charge is 0.352 e. The van der Waals surface area contributed by atoms with Crippen molar-refractivity contribution in [3.8, 4) is 5.69 Å². The van der Waals surface area contributed by atoms with Crippen molar-refractivity contribution in [1.29, 1.82) is 0 Å². The van der Waals surface area contributed by atoms with Crippen molar-refractivity contribution < 1.29 is 4.79 Å². The SMILES string of the molecule is CC(CNC(=O)c1cc(Cl)ccc1-n1cnnn1)Cn1ccnc1. The van der Waals surface area contributed by atoms with E-state index in [4.69, 9.17) is 11.6 Å². The minimum absolute atomic E-state index is 0.222. The number of benzene rings is 1. The molecule has 1 N–H and O–H groups in total. The number of nitrogens with zero attached hydrogens (tertiary/aromatic N) is 6. The normalized spacial score (nSPS) is 12.1. The molecule has 0 aliphatic carbocycles. The Balaban J connectivity index is 1.69. The summed E-state index contributed by atoms with van der Waals surface area (Å²) in [5.74, 6) is 0.0271. The van der Waals surface area contributed by atoms with Crippen LogP contribution in [0.3, 0.4) is 0 Å². The van der Waals surface area contributed by atoms with Crippen LogP contribution in [0.5, 0.6) is 0 Å². The van der Waals surface area contributed by atoms with Crippen LogP contribution in [-0.4, -0.2) is 42.2 Å². The second-order valence-corrected chi connectivity index (χ2v) is 5.93. The molecule has 0 aliphatic heterocycles. The van der Waals surface area contributed by atoms with Gasteiger partial charge >= 0.3 is 0 Å². The van der Waals surface area contributed by atoms with E-state index in [1.54, 1.807) is 30.7 Å². The van der Waals surface area contributed by atoms with Gasteiger partial charge in [0.25, 0.3) is 5.91 Å². The summed E-state index contributed by atoms with van der Waals surface area (Å²) >= 11 is 6.03. The molecule has 2 aromatic heterocycles. The quantitative estimate of drug-likeness (QED) is 0.732. The first kappa shape index (κ1) is 16.1. The minimum atomic E-state index is -0.222. The molecule has 0 aliphatic rings. The van der Waals surface area contributed by atoms with E-state index >= 15 is 0 Å². The number of rotatable bonds is 6. The van der Waals surface area contributed by atoms with Gasteiger partial charge in [0, 0.05) is 30.5 Å². The molecule has 1 amide bonds. The monoisotopic (exact) mass is 345 g/mol. The molecule has 1 unspecified atom stereocenters. The molecular formula is C15H16ClN7O. The lowest BCUT2D eigenvalue weighted by atomic mass is 10.1. The maximum Gasteiger partial charge on any atom is 0.253 e. The van der Waals surface area contributed by atoms with E-state index in [1.165, 1.54) is 11.0 Å². The number of hydrogen-bond acceptors (Lipinski definition) is 5. The molecule has 0 spiro atoms. The number of nitrogens with one attached hydrogen (secondary N) is 1. The lowest BCUT2D eigenvalue weighted by Crippen LogP contribution is -2.30. The molecule has 124 valence electrons. The maximum absolute atomic E-state index is 12.5. The molecular weight excluding hydrogens is 330 g/mol. The van der Waals surface area contributed by atoms with Crippen LogP contribution in [0, 0.1) is 5.92 Å². The number of carbonyl (C=O) groups is 1. The van der Waals surface area contributed by atoms with Crippen LogP contribution in [0.25, 0.3) is 5.69 Å². The first-order chi connectivity index (χ1) is 11.6. The Labute approximate surface area is 143 Å². The van der Waals surface area contributed by atoms with Crippen molar-refractivity contribution in [2.75, 3.05) is 6.54 Å². The minimum Gasteiger partial charge on any atom is -0.352 e. The summed E-state index contributed by atoms with van der Waals surface area (Å²) in [4.78, 5) is 16.6. The molecule has 2 heterocycles. The fourth-order valence-electron chi connectivity index (χ4n) is 2.34. The molecule has 0 fully saturated rings. The van der Waals surface area contributed by atoms with Gasteiger partial charge in [-0.25, -0.2) is 4.98 Å². The predicted molar refractivity (Wildman–Crippen MR) is 87.9 cm³/mol. The molecule has 0 radical (unpaired) electrons. The number of hydrogen-bond donors (Lipinski definition) is 1. The van der Waals surface area contributed by atoms with Crippen molar-refractivity contribution in [2.45, 2.75) is 13.5 Å². The summed E-state index contributed by atoms with van der Waals surface area (Å²) in [7, 11) is 0. The molecule has 0 saturated carbocycles. The number of amides is 1. The van der Waals surface area contributed by atoms with Gasteiger partial charge in [0.2, 0.25) is 0 Å². The van der Waals surface area contributed by atoms with Crippen molar-refractivity contribution in [2.24, 2.45) is 5.92 Å². The Morgan fingerprint density at radius 3 is 2.96 bits per heavy atom. The van der Waals surface area contributed by atoms with Crippen molar-refractivity contribution in [1.82, 2.24) is 35.1 Å². The zero-order chi connectivity index (χ0) is 16.9. The van der Waals surface area contributed by atoms with E-state index in [0.717, 1.165) is 6.54 Å². The van der Waals surface area contributed by atoms with Gasteiger partial charge in [0.15, 0.2) is 0 Å². The van der Waals surface area contributed by atoms with Gasteiger partial charge in [-0.3, -0.25) is 4.79 Å². The van der Waals surface area contributed by atoms with Crippen LogP contribution in [0.15, 0.2) is 43.2 Å². The van der Waals surface area contributed by atoms with E-state index in [0.29, 0.717) is 22.8 Å². The third kappa shape index (κ3) is 3.77. The highest BCUT2D eigenvalue weighted by Gasteiger charge is 2.15. The Kier molecular flexibility index (Phi) is 4.85. The summed E-state index contributed by atoms with van der Waals surface area (Å²) in [5.41, 5.74) is 0.994. The van der Waals surface area contributed by atoms with Crippen LogP contribution in [-0.2, 0) is 6.54 Å². The lowest BCUT2D eigenvalue weighted by molar-refractivity contribution is 0.0946. The van der Waals surface area contributed by atoms with Gasteiger partial charge in [-0.15, -0.1) is 5.10 Å². The van der Waals surface area contributed by atoms with Gasteiger partial charge in [0.05, 0.1) is 17.6 Å². The topological polar surface area (TPSA) is 90.5 Å². The van der Waals surface area contributed by atoms with Crippen molar-refractivity contribution >= 4 is 17.5 Å². The highest BCUT2D eigenvalue weighted by atomic mass is 35.5. The third-order valence-electron chi connectivity index (χ3n) is 3.49. The second-order valence-electron chi connectivity index (χ2n) is 5.49. The summed E-state index contributed by atoms with van der Waals surface area (Å²) < 4.78 is 3.41. The van der Waals surface area contributed by atoms with E-state index in [9.17, 15) is 4.79 Å². The van der Waals surface area contributed by atoms with Gasteiger partial charge in [0.1, 0.15) is 6.33 Å². The van der Waals surface area contributed by atoms with Crippen molar-refractivity contribution in [3.05, 3.63) is 53.8 Å². The fraction of sp³-hybridized carbons (Fsp3) is 0.267. The number of halogens is 1. The average molecular weight is 346 g/mol. The third-order valence-corrected chi connectivity index (χ3v) is 3.73. The summed E-state index contributed by atoms with van der Waals surface area (Å²) in [5, 5.41) is 14.4. The first-order valence-electron chi connectivity index (χ1n) is 7.40. The molecule has 24 heavy (non-hydrogen) atoms. The summed E-state index contributed by atoms with van der Waals surface area (Å²) in [6.07, 6.45) is 6.81. The highest BCUT2D eigenvalue weighted by molar-refractivity contribution is 6.31. The van der Waals surface area contributed by atoms with Crippen molar-refractivity contribution in [3.63, 3.8) is 0 Å². The summed E-state index contributed by atoms with van der Waals surface area (Å²) in [6.45, 7) is 3.36. The second kappa shape index (κ2) is 7.22. The Morgan fingerprint density at radius 2 is 2.25 bits per heavy atom. The Bertz CT molecular complexity index is 801. The van der Waals surface area contributed by atoms with Crippen LogP contribution < -0.4 is 5.32 Å². The molecule has 3 aromatic rings. The number of tetrazole rings is 1. The smallest absolute Gasteiger partial charge is 0.253 e. The summed E-state index contributed by atoms with van der Waals surface area (Å²) in [6, 6.07) is 5.01. The maximum atomic E-state index is 12.5. The zero-order valence-corrected chi connectivity index (χ0v) is 13.8. The van der Waals surface area contributed by atoms with E-state index in [-0.39, 0.29) is 11.8 Å². The number of imidazole rings is 1. The van der Waals surface area contributed by atoms with Crippen LogP contribution >= 0.6 is 11.6 Å². The lowest BCUT2D eigenvalue weighted by Gasteiger charge is -2.14. The Hall–Kier alpha value is -2.74. The Morgan fingerprint density at radius 1 is 1.38 bits per heavy atom. The van der Waals surface area contributed by atoms with Crippen LogP contribution in [0.1, 0.15) is 17.3 Å². The van der Waals surface area contributed by atoms with Crippen LogP contribution in [0.4, 0.5) is 0 Å². The zero-order valence-electron chi connectivity index (χ0n) is 13.0. The van der Waals surface area contributed by atoms with Gasteiger partial charge in [-0.2, -0.15) is 4.68 Å². The number of carbonyl (C=O) groups excluding carboxylic acids is 1. The predicted octanol–water partition coefficient (Wildman–Crippen LogP) is 1.58. The van der Waals surface area contributed by atoms with Crippen LogP contribution in [0.2, 0.25) is 5.02 Å². The molecule has 1 aromatic carbocycles. The fourth-order valence-corrected chi connectivity index (χ4v) is 2.52. The standard InChI is InChI=1S/C15H16ClN7O/c1-11(8-22-5-4-17-9-22)7-18-15(24)13-6-12(16)2-3-14(13)23-10-19-20-21-23/h2-6,9-11H,7-8H2,1H3,(H,18,24). The average Bonchev–Trinajstić information content (AvgIpc) is 3.26.